The van der Waals surface area contributed by atoms with Gasteiger partial charge in [-0.1, -0.05) is 5.21 Å². The highest BCUT2D eigenvalue weighted by molar-refractivity contribution is 7.89. The summed E-state index contributed by atoms with van der Waals surface area (Å²) < 4.78 is 24.2. The van der Waals surface area contributed by atoms with E-state index in [2.05, 4.69) is 20.6 Å². The summed E-state index contributed by atoms with van der Waals surface area (Å²) in [7, 11) is -3.78. The highest BCUT2D eigenvalue weighted by Gasteiger charge is 2.13. The van der Waals surface area contributed by atoms with Gasteiger partial charge in [0.1, 0.15) is 10.7 Å². The maximum absolute atomic E-state index is 11.3. The van der Waals surface area contributed by atoms with Crippen LogP contribution in [-0.2, 0) is 16.6 Å². The van der Waals surface area contributed by atoms with Gasteiger partial charge in [0.15, 0.2) is 0 Å². The van der Waals surface area contributed by atoms with Gasteiger partial charge in [0, 0.05) is 18.9 Å². The smallest absolute Gasteiger partial charge is 0.241 e. The van der Waals surface area contributed by atoms with Gasteiger partial charge in [-0.2, -0.15) is 0 Å². The highest BCUT2D eigenvalue weighted by atomic mass is 32.2. The number of pyridine rings is 1. The van der Waals surface area contributed by atoms with Crippen LogP contribution in [0.3, 0.4) is 0 Å². The topological polar surface area (TPSA) is 116 Å². The van der Waals surface area contributed by atoms with E-state index < -0.39 is 10.0 Å². The predicted molar refractivity (Wildman–Crippen MR) is 64.1 cm³/mol. The molecule has 0 atom stereocenters. The van der Waals surface area contributed by atoms with Crippen LogP contribution in [0.5, 0.6) is 0 Å². The Labute approximate surface area is 104 Å². The molecule has 2 aromatic rings. The number of sulfonamides is 1. The van der Waals surface area contributed by atoms with Crippen molar-refractivity contribution in [2.45, 2.75) is 11.4 Å². The van der Waals surface area contributed by atoms with Crippen LogP contribution in [-0.4, -0.2) is 34.9 Å². The summed E-state index contributed by atoms with van der Waals surface area (Å²) in [5.74, 6) is 0.236. The fraction of sp³-hybridized carbons (Fsp3) is 0.222. The number of nitrogens with two attached hydrogens (primary N) is 1. The first-order valence-corrected chi connectivity index (χ1v) is 6.68. The van der Waals surface area contributed by atoms with E-state index in [1.54, 1.807) is 17.1 Å². The lowest BCUT2D eigenvalue weighted by Crippen LogP contribution is -2.18. The van der Waals surface area contributed by atoms with Crippen LogP contribution in [0.25, 0.3) is 0 Å². The zero-order valence-electron chi connectivity index (χ0n) is 9.39. The number of nitrogens with zero attached hydrogens (tertiary/aromatic N) is 4. The highest BCUT2D eigenvalue weighted by Crippen LogP contribution is 2.15. The molecule has 0 saturated carbocycles. The molecule has 9 heteroatoms. The van der Waals surface area contributed by atoms with Crippen LogP contribution in [0.2, 0.25) is 0 Å². The zero-order chi connectivity index (χ0) is 13.0. The summed E-state index contributed by atoms with van der Waals surface area (Å²) >= 11 is 0. The third-order valence-electron chi connectivity index (χ3n) is 2.18. The summed E-state index contributed by atoms with van der Waals surface area (Å²) in [6.45, 7) is 1.00. The first-order valence-electron chi connectivity index (χ1n) is 5.13. The molecule has 0 bridgehead atoms. The molecule has 3 N–H and O–H groups in total. The largest absolute Gasteiger partial charge is 0.367 e. The van der Waals surface area contributed by atoms with Gasteiger partial charge in [0.05, 0.1) is 12.7 Å². The van der Waals surface area contributed by atoms with Crippen LogP contribution in [0.15, 0.2) is 35.6 Å². The van der Waals surface area contributed by atoms with Gasteiger partial charge in [-0.3, -0.25) is 4.68 Å². The molecular formula is C9H12N6O2S. The number of primary sulfonamides is 1. The molecule has 0 amide bonds. The van der Waals surface area contributed by atoms with Crippen LogP contribution < -0.4 is 10.5 Å². The first-order chi connectivity index (χ1) is 8.57. The minimum absolute atomic E-state index is 0.0245. The second kappa shape index (κ2) is 5.10. The van der Waals surface area contributed by atoms with Gasteiger partial charge in [0.2, 0.25) is 10.0 Å². The SMILES string of the molecule is NS(=O)(=O)c1cccnc1NCCn1ccnn1. The molecule has 2 heterocycles. The Morgan fingerprint density at radius 1 is 1.39 bits per heavy atom. The third kappa shape index (κ3) is 3.02. The summed E-state index contributed by atoms with van der Waals surface area (Å²) in [4.78, 5) is 3.92. The molecule has 2 rings (SSSR count). The van der Waals surface area contributed by atoms with Gasteiger partial charge in [-0.15, -0.1) is 5.10 Å². The van der Waals surface area contributed by atoms with Crippen molar-refractivity contribution in [3.8, 4) is 0 Å². The van der Waals surface area contributed by atoms with Crippen LogP contribution >= 0.6 is 0 Å². The second-order valence-electron chi connectivity index (χ2n) is 3.49. The van der Waals surface area contributed by atoms with Crippen LogP contribution in [0.4, 0.5) is 5.82 Å². The van der Waals surface area contributed by atoms with E-state index in [0.29, 0.717) is 13.1 Å². The van der Waals surface area contributed by atoms with Crippen molar-refractivity contribution in [3.05, 3.63) is 30.7 Å². The Morgan fingerprint density at radius 2 is 2.22 bits per heavy atom. The summed E-state index contributed by atoms with van der Waals surface area (Å²) in [5, 5.41) is 15.4. The lowest BCUT2D eigenvalue weighted by atomic mass is 10.4. The molecule has 0 spiro atoms. The second-order valence-corrected chi connectivity index (χ2v) is 5.02. The van der Waals surface area contributed by atoms with Crippen molar-refractivity contribution < 1.29 is 8.42 Å². The molecule has 0 radical (unpaired) electrons. The van der Waals surface area contributed by atoms with E-state index in [0.717, 1.165) is 0 Å². The number of hydrogen-bond donors (Lipinski definition) is 2. The number of rotatable bonds is 5. The van der Waals surface area contributed by atoms with E-state index in [9.17, 15) is 8.42 Å². The number of aromatic nitrogens is 4. The van der Waals surface area contributed by atoms with Crippen molar-refractivity contribution in [3.63, 3.8) is 0 Å². The lowest BCUT2D eigenvalue weighted by Gasteiger charge is -2.08. The minimum atomic E-state index is -3.78. The molecule has 96 valence electrons. The number of nitrogens with one attached hydrogen (secondary N) is 1. The van der Waals surface area contributed by atoms with Crippen LogP contribution in [0.1, 0.15) is 0 Å². The van der Waals surface area contributed by atoms with Gasteiger partial charge in [0.25, 0.3) is 0 Å². The Kier molecular flexibility index (Phi) is 3.53. The maximum atomic E-state index is 11.3. The summed E-state index contributed by atoms with van der Waals surface area (Å²) in [6, 6.07) is 2.92. The third-order valence-corrected chi connectivity index (χ3v) is 3.12. The number of anilines is 1. The molecular weight excluding hydrogens is 256 g/mol. The fourth-order valence-corrected chi connectivity index (χ4v) is 2.06. The molecule has 0 unspecified atom stereocenters. The monoisotopic (exact) mass is 268 g/mol. The lowest BCUT2D eigenvalue weighted by molar-refractivity contribution is 0.596. The van der Waals surface area contributed by atoms with Crippen molar-refractivity contribution in [1.82, 2.24) is 20.0 Å². The van der Waals surface area contributed by atoms with Crippen molar-refractivity contribution in [2.24, 2.45) is 5.14 Å². The molecule has 0 saturated heterocycles. The van der Waals surface area contributed by atoms with Gasteiger partial charge in [-0.25, -0.2) is 18.5 Å². The van der Waals surface area contributed by atoms with Crippen LogP contribution in [0, 0.1) is 0 Å². The van der Waals surface area contributed by atoms with E-state index >= 15 is 0 Å². The fourth-order valence-electron chi connectivity index (χ4n) is 1.39. The molecule has 0 aliphatic heterocycles. The average Bonchev–Trinajstić information content (AvgIpc) is 2.81. The molecule has 8 nitrogen and oxygen atoms in total. The Bertz CT molecular complexity index is 610. The first kappa shape index (κ1) is 12.5. The Morgan fingerprint density at radius 3 is 2.89 bits per heavy atom. The van der Waals surface area contributed by atoms with E-state index in [1.807, 2.05) is 0 Å². The quantitative estimate of drug-likeness (QED) is 0.750. The molecule has 2 aromatic heterocycles. The van der Waals surface area contributed by atoms with Gasteiger partial charge >= 0.3 is 0 Å². The Hall–Kier alpha value is -2.00. The standard InChI is InChI=1S/C9H12N6O2S/c10-18(16,17)8-2-1-3-11-9(8)12-4-6-15-7-5-13-14-15/h1-3,5,7H,4,6H2,(H,11,12)(H2,10,16,17). The van der Waals surface area contributed by atoms with E-state index in [1.165, 1.54) is 18.3 Å². The average molecular weight is 268 g/mol. The van der Waals surface area contributed by atoms with E-state index in [4.69, 9.17) is 5.14 Å². The minimum Gasteiger partial charge on any atom is -0.367 e. The number of hydrogen-bond acceptors (Lipinski definition) is 6. The predicted octanol–water partition coefficient (Wildman–Crippen LogP) is -0.567. The molecule has 18 heavy (non-hydrogen) atoms. The summed E-state index contributed by atoms with van der Waals surface area (Å²) in [6.07, 6.45) is 4.77. The molecule has 0 aliphatic carbocycles. The van der Waals surface area contributed by atoms with E-state index in [-0.39, 0.29) is 10.7 Å². The van der Waals surface area contributed by atoms with Crippen molar-refractivity contribution in [2.75, 3.05) is 11.9 Å². The van der Waals surface area contributed by atoms with Gasteiger partial charge in [-0.05, 0) is 12.1 Å². The van der Waals surface area contributed by atoms with Crippen molar-refractivity contribution in [1.29, 1.82) is 0 Å². The zero-order valence-corrected chi connectivity index (χ0v) is 10.2. The molecule has 0 fully saturated rings. The maximum Gasteiger partial charge on any atom is 0.241 e. The molecule has 0 aromatic carbocycles. The van der Waals surface area contributed by atoms with Gasteiger partial charge < -0.3 is 5.32 Å². The van der Waals surface area contributed by atoms with Crippen molar-refractivity contribution >= 4 is 15.8 Å². The normalized spacial score (nSPS) is 11.4. The summed E-state index contributed by atoms with van der Waals surface area (Å²) in [5.41, 5.74) is 0. The molecule has 0 aliphatic rings. The Balaban J connectivity index is 2.06.